The molecule has 10 N–H and O–H groups in total. The van der Waals surface area contributed by atoms with Crippen LogP contribution in [0.1, 0.15) is 32.1 Å². The second-order valence-electron chi connectivity index (χ2n) is 6.35. The summed E-state index contributed by atoms with van der Waals surface area (Å²) in [5.74, 6) is -1.10. The molecule has 0 spiro atoms. The topological polar surface area (TPSA) is 196 Å². The Balaban J connectivity index is 5.24. The van der Waals surface area contributed by atoms with Crippen molar-refractivity contribution >= 4 is 35.4 Å². The molecule has 11 heteroatoms. The molecule has 10 nitrogen and oxygen atoms in total. The van der Waals surface area contributed by atoms with Crippen LogP contribution in [0.2, 0.25) is 0 Å². The molecule has 0 aromatic carbocycles. The van der Waals surface area contributed by atoms with Gasteiger partial charge in [0.05, 0.1) is 24.5 Å². The summed E-state index contributed by atoms with van der Waals surface area (Å²) in [6, 6.07) is -3.50. The fraction of sp³-hybridized carbons (Fsp3) is 0.647. The largest absolute Gasteiger partial charge is 0.370 e. The second kappa shape index (κ2) is 14.0. The lowest BCUT2D eigenvalue weighted by atomic mass is 9.94. The van der Waals surface area contributed by atoms with E-state index < -0.39 is 41.8 Å². The quantitative estimate of drug-likeness (QED) is 0.141. The number of hydrogen-bond acceptors (Lipinski definition) is 7. The molecule has 0 heterocycles. The third-order valence-electron chi connectivity index (χ3n) is 4.00. The number of carbonyl (C=O) groups excluding carboxylic acids is 4. The van der Waals surface area contributed by atoms with Gasteiger partial charge in [-0.3, -0.25) is 14.4 Å². The normalized spacial score (nSPS) is 13.8. The maximum absolute atomic E-state index is 12.8. The number of Topliss-reactive ketones (excluding diaryl/α,β-unsaturated/α-hetero) is 1. The second-order valence-corrected chi connectivity index (χ2v) is 7.34. The number of nitrogens with one attached hydrogen (secondary N) is 2. The third kappa shape index (κ3) is 10.3. The SMILES string of the molecule is C=C(C(=O)[C@H](CCCCN)NC(N)=O)[C@H](CCSC)NC(=O)[C@@H](N)CC(N)=O. The maximum Gasteiger partial charge on any atom is 0.312 e. The van der Waals surface area contributed by atoms with Gasteiger partial charge in [0.25, 0.3) is 0 Å². The molecule has 0 rings (SSSR count). The van der Waals surface area contributed by atoms with E-state index in [0.29, 0.717) is 38.0 Å². The van der Waals surface area contributed by atoms with Gasteiger partial charge in [0.15, 0.2) is 5.78 Å². The molecule has 160 valence electrons. The number of rotatable bonds is 15. The van der Waals surface area contributed by atoms with Gasteiger partial charge in [0.2, 0.25) is 11.8 Å². The molecular formula is C17H32N6O4S. The van der Waals surface area contributed by atoms with E-state index in [1.54, 1.807) is 0 Å². The van der Waals surface area contributed by atoms with Crippen LogP contribution in [0.5, 0.6) is 0 Å². The highest BCUT2D eigenvalue weighted by Crippen LogP contribution is 2.14. The van der Waals surface area contributed by atoms with Gasteiger partial charge in [-0.05, 0) is 44.2 Å². The van der Waals surface area contributed by atoms with Crippen LogP contribution in [0, 0.1) is 0 Å². The summed E-state index contributed by atoms with van der Waals surface area (Å²) in [6.07, 6.45) is 3.64. The predicted molar refractivity (Wildman–Crippen MR) is 110 cm³/mol. The molecule has 0 aromatic rings. The first-order valence-electron chi connectivity index (χ1n) is 8.96. The van der Waals surface area contributed by atoms with E-state index in [4.69, 9.17) is 22.9 Å². The van der Waals surface area contributed by atoms with E-state index in [1.165, 1.54) is 11.8 Å². The first-order valence-corrected chi connectivity index (χ1v) is 10.4. The zero-order valence-electron chi connectivity index (χ0n) is 16.2. The van der Waals surface area contributed by atoms with Gasteiger partial charge in [0, 0.05) is 5.57 Å². The number of amides is 4. The van der Waals surface area contributed by atoms with Gasteiger partial charge in [-0.15, -0.1) is 0 Å². The number of thioether (sulfide) groups is 1. The standard InChI is InChI=1S/C17H32N6O4S/c1-10(15(25)13(23-17(21)27)5-3-4-7-18)12(6-8-28-2)22-16(26)11(19)9-14(20)24/h11-13H,1,3-9,18-19H2,2H3,(H2,20,24)(H,22,26)(H3,21,23,27)/t11-,12-,13-/m0/s1. The lowest BCUT2D eigenvalue weighted by Gasteiger charge is -2.25. The van der Waals surface area contributed by atoms with Crippen LogP contribution in [0.3, 0.4) is 0 Å². The molecule has 0 saturated carbocycles. The number of nitrogens with two attached hydrogens (primary N) is 4. The smallest absolute Gasteiger partial charge is 0.312 e. The molecule has 0 aliphatic carbocycles. The van der Waals surface area contributed by atoms with Crippen molar-refractivity contribution in [1.82, 2.24) is 10.6 Å². The summed E-state index contributed by atoms with van der Waals surface area (Å²) in [6.45, 7) is 4.28. The van der Waals surface area contributed by atoms with E-state index in [0.717, 1.165) is 0 Å². The van der Waals surface area contributed by atoms with E-state index in [9.17, 15) is 19.2 Å². The number of urea groups is 1. The average molecular weight is 417 g/mol. The van der Waals surface area contributed by atoms with Gasteiger partial charge in [0.1, 0.15) is 0 Å². The Morgan fingerprint density at radius 1 is 1.04 bits per heavy atom. The van der Waals surface area contributed by atoms with Crippen molar-refractivity contribution in [2.45, 2.75) is 50.2 Å². The Morgan fingerprint density at radius 3 is 2.18 bits per heavy atom. The molecule has 0 saturated heterocycles. The van der Waals surface area contributed by atoms with Crippen molar-refractivity contribution in [3.8, 4) is 0 Å². The molecule has 4 amide bonds. The zero-order valence-corrected chi connectivity index (χ0v) is 17.1. The molecular weight excluding hydrogens is 384 g/mol. The lowest BCUT2D eigenvalue weighted by molar-refractivity contribution is -0.126. The summed E-state index contributed by atoms with van der Waals surface area (Å²) >= 11 is 1.53. The summed E-state index contributed by atoms with van der Waals surface area (Å²) < 4.78 is 0. The Kier molecular flexibility index (Phi) is 12.9. The molecule has 0 fully saturated rings. The lowest BCUT2D eigenvalue weighted by Crippen LogP contribution is -2.51. The summed E-state index contributed by atoms with van der Waals surface area (Å²) in [4.78, 5) is 47.3. The molecule has 28 heavy (non-hydrogen) atoms. The van der Waals surface area contributed by atoms with Crippen LogP contribution in [-0.4, -0.2) is 60.3 Å². The Bertz CT molecular complexity index is 572. The van der Waals surface area contributed by atoms with Crippen LogP contribution in [0.15, 0.2) is 12.2 Å². The van der Waals surface area contributed by atoms with E-state index in [1.807, 2.05) is 6.26 Å². The minimum atomic E-state index is -1.12. The van der Waals surface area contributed by atoms with Gasteiger partial charge >= 0.3 is 6.03 Å². The fourth-order valence-electron chi connectivity index (χ4n) is 2.49. The highest BCUT2D eigenvalue weighted by Gasteiger charge is 2.29. The Morgan fingerprint density at radius 2 is 1.68 bits per heavy atom. The Labute approximate surface area is 169 Å². The molecule has 0 aromatic heterocycles. The van der Waals surface area contributed by atoms with Gasteiger partial charge in [-0.25, -0.2) is 4.79 Å². The van der Waals surface area contributed by atoms with E-state index in [-0.39, 0.29) is 12.0 Å². The number of primary amides is 2. The fourth-order valence-corrected chi connectivity index (χ4v) is 2.96. The van der Waals surface area contributed by atoms with Crippen LogP contribution < -0.4 is 33.6 Å². The van der Waals surface area contributed by atoms with E-state index in [2.05, 4.69) is 17.2 Å². The van der Waals surface area contributed by atoms with Crippen LogP contribution in [0.4, 0.5) is 4.79 Å². The summed E-state index contributed by atoms with van der Waals surface area (Å²) in [5, 5.41) is 5.06. The summed E-state index contributed by atoms with van der Waals surface area (Å²) in [7, 11) is 0. The maximum atomic E-state index is 12.8. The minimum Gasteiger partial charge on any atom is -0.370 e. The third-order valence-corrected chi connectivity index (χ3v) is 4.65. The number of unbranched alkanes of at least 4 members (excludes halogenated alkanes) is 1. The monoisotopic (exact) mass is 416 g/mol. The van der Waals surface area contributed by atoms with Gasteiger partial charge < -0.3 is 33.6 Å². The van der Waals surface area contributed by atoms with Crippen LogP contribution in [-0.2, 0) is 14.4 Å². The highest BCUT2D eigenvalue weighted by molar-refractivity contribution is 7.98. The van der Waals surface area contributed by atoms with Crippen molar-refractivity contribution in [2.24, 2.45) is 22.9 Å². The number of ketones is 1. The zero-order chi connectivity index (χ0) is 21.7. The van der Waals surface area contributed by atoms with Crippen LogP contribution >= 0.6 is 11.8 Å². The van der Waals surface area contributed by atoms with E-state index >= 15 is 0 Å². The number of carbonyl (C=O) groups is 4. The minimum absolute atomic E-state index is 0.125. The highest BCUT2D eigenvalue weighted by atomic mass is 32.2. The van der Waals surface area contributed by atoms with Crippen molar-refractivity contribution in [3.05, 3.63) is 12.2 Å². The predicted octanol–water partition coefficient (Wildman–Crippen LogP) is -1.28. The van der Waals surface area contributed by atoms with Gasteiger partial charge in [-0.1, -0.05) is 6.58 Å². The average Bonchev–Trinajstić information content (AvgIpc) is 2.62. The molecule has 0 bridgehead atoms. The number of hydrogen-bond donors (Lipinski definition) is 6. The van der Waals surface area contributed by atoms with Crippen molar-refractivity contribution < 1.29 is 19.2 Å². The van der Waals surface area contributed by atoms with Gasteiger partial charge in [-0.2, -0.15) is 11.8 Å². The first-order chi connectivity index (χ1) is 13.1. The molecule has 0 unspecified atom stereocenters. The van der Waals surface area contributed by atoms with Crippen molar-refractivity contribution in [2.75, 3.05) is 18.6 Å². The molecule has 3 atom stereocenters. The van der Waals surface area contributed by atoms with Crippen LogP contribution in [0.25, 0.3) is 0 Å². The first kappa shape index (κ1) is 25.9. The molecule has 0 radical (unpaired) electrons. The molecule has 0 aliphatic heterocycles. The summed E-state index contributed by atoms with van der Waals surface area (Å²) in [5.41, 5.74) is 21.5. The van der Waals surface area contributed by atoms with Crippen molar-refractivity contribution in [3.63, 3.8) is 0 Å². The van der Waals surface area contributed by atoms with Crippen molar-refractivity contribution in [1.29, 1.82) is 0 Å². The Hall–Kier alpha value is -2.11. The molecule has 0 aliphatic rings.